The molecule has 0 amide bonds. The summed E-state index contributed by atoms with van der Waals surface area (Å²) < 4.78 is 7.09. The lowest BCUT2D eigenvalue weighted by atomic mass is 9.97. The molecule has 0 unspecified atom stereocenters. The Balaban J connectivity index is 1.21. The van der Waals surface area contributed by atoms with Gasteiger partial charge in [0.2, 0.25) is 11.7 Å². The average Bonchev–Trinajstić information content (AvgIpc) is 3.51. The highest BCUT2D eigenvalue weighted by Gasteiger charge is 2.27. The first-order valence-corrected chi connectivity index (χ1v) is 9.84. The first kappa shape index (κ1) is 17.0. The zero-order valence-corrected chi connectivity index (χ0v) is 16.2. The van der Waals surface area contributed by atoms with Crippen LogP contribution in [0.25, 0.3) is 28.1 Å². The molecule has 1 aliphatic rings. The Kier molecular flexibility index (Phi) is 3.73. The minimum absolute atomic E-state index is 0.222. The molecule has 1 aliphatic heterocycles. The van der Waals surface area contributed by atoms with E-state index in [1.165, 1.54) is 4.63 Å². The molecule has 11 nitrogen and oxygen atoms in total. The number of nitrogens with zero attached hydrogens (tertiary/aromatic N) is 9. The molecule has 1 fully saturated rings. The summed E-state index contributed by atoms with van der Waals surface area (Å²) in [4.78, 5) is 14.7. The van der Waals surface area contributed by atoms with Crippen LogP contribution in [0.15, 0.2) is 34.9 Å². The molecular formula is C19H18N10O. The number of aromatic nitrogens is 9. The van der Waals surface area contributed by atoms with Gasteiger partial charge in [0.25, 0.3) is 0 Å². The van der Waals surface area contributed by atoms with Crippen LogP contribution < -0.4 is 4.90 Å². The van der Waals surface area contributed by atoms with Crippen LogP contribution in [0.5, 0.6) is 0 Å². The van der Waals surface area contributed by atoms with E-state index in [0.29, 0.717) is 17.4 Å². The fraction of sp³-hybridized carbons (Fsp3) is 0.316. The molecule has 0 saturated carbocycles. The maximum absolute atomic E-state index is 5.64. The van der Waals surface area contributed by atoms with Crippen LogP contribution in [0.2, 0.25) is 0 Å². The van der Waals surface area contributed by atoms with E-state index in [2.05, 4.69) is 40.6 Å². The molecule has 0 aliphatic carbocycles. The number of benzene rings is 1. The number of tetrazole rings is 1. The van der Waals surface area contributed by atoms with E-state index in [1.54, 1.807) is 0 Å². The van der Waals surface area contributed by atoms with Crippen molar-refractivity contribution in [1.29, 1.82) is 0 Å². The van der Waals surface area contributed by atoms with E-state index in [1.807, 2.05) is 37.3 Å². The molecule has 11 heteroatoms. The van der Waals surface area contributed by atoms with Gasteiger partial charge in [-0.25, -0.2) is 4.98 Å². The van der Waals surface area contributed by atoms with Gasteiger partial charge in [0.15, 0.2) is 11.5 Å². The molecule has 4 aromatic heterocycles. The summed E-state index contributed by atoms with van der Waals surface area (Å²) in [6.45, 7) is 3.62. The second kappa shape index (κ2) is 6.58. The zero-order valence-electron chi connectivity index (χ0n) is 16.2. The van der Waals surface area contributed by atoms with E-state index in [4.69, 9.17) is 9.51 Å². The molecule has 1 saturated heterocycles. The summed E-state index contributed by atoms with van der Waals surface area (Å²) >= 11 is 0. The number of aromatic amines is 1. The number of para-hydroxylation sites is 1. The number of hydrogen-bond acceptors (Lipinski definition) is 9. The number of anilines is 1. The fourth-order valence-electron chi connectivity index (χ4n) is 4.01. The lowest BCUT2D eigenvalue weighted by molar-refractivity contribution is 0.329. The summed E-state index contributed by atoms with van der Waals surface area (Å²) in [7, 11) is 0. The highest BCUT2D eigenvalue weighted by atomic mass is 16.5. The largest absolute Gasteiger partial charge is 0.355 e. The van der Waals surface area contributed by atoms with E-state index >= 15 is 0 Å². The van der Waals surface area contributed by atoms with Gasteiger partial charge in [-0.15, -0.1) is 14.8 Å². The van der Waals surface area contributed by atoms with Gasteiger partial charge in [0.05, 0.1) is 16.6 Å². The predicted octanol–water partition coefficient (Wildman–Crippen LogP) is 2.14. The Hall–Kier alpha value is -3.89. The third-order valence-electron chi connectivity index (χ3n) is 5.54. The van der Waals surface area contributed by atoms with Crippen molar-refractivity contribution in [2.24, 2.45) is 0 Å². The van der Waals surface area contributed by atoms with Crippen LogP contribution in [0, 0.1) is 6.92 Å². The molecule has 6 rings (SSSR count). The number of rotatable bonds is 3. The number of fused-ring (bicyclic) bond motifs is 2. The Bertz CT molecular complexity index is 1340. The quantitative estimate of drug-likeness (QED) is 0.483. The Morgan fingerprint density at radius 2 is 2.00 bits per heavy atom. The number of H-pyrrole nitrogens is 1. The van der Waals surface area contributed by atoms with Crippen LogP contribution in [-0.4, -0.2) is 58.5 Å². The molecule has 0 atom stereocenters. The summed E-state index contributed by atoms with van der Waals surface area (Å²) in [5, 5.41) is 20.1. The van der Waals surface area contributed by atoms with Crippen LogP contribution in [0.1, 0.15) is 30.5 Å². The van der Waals surface area contributed by atoms with E-state index in [-0.39, 0.29) is 5.92 Å². The van der Waals surface area contributed by atoms with Gasteiger partial charge < -0.3 is 14.4 Å². The van der Waals surface area contributed by atoms with Crippen molar-refractivity contribution in [1.82, 2.24) is 45.4 Å². The molecule has 1 aromatic carbocycles. The summed E-state index contributed by atoms with van der Waals surface area (Å²) in [6.07, 6.45) is 1.81. The van der Waals surface area contributed by atoms with Gasteiger partial charge in [-0.1, -0.05) is 11.2 Å². The summed E-state index contributed by atoms with van der Waals surface area (Å²) in [5.74, 6) is 3.20. The molecule has 5 heterocycles. The average molecular weight is 402 g/mol. The Morgan fingerprint density at radius 3 is 2.90 bits per heavy atom. The van der Waals surface area contributed by atoms with Gasteiger partial charge >= 0.3 is 0 Å². The number of nitrogens with one attached hydrogen (secondary N) is 1. The van der Waals surface area contributed by atoms with Crippen LogP contribution in [-0.2, 0) is 0 Å². The molecule has 5 aromatic rings. The van der Waals surface area contributed by atoms with Crippen molar-refractivity contribution in [3.8, 4) is 11.4 Å². The highest BCUT2D eigenvalue weighted by molar-refractivity contribution is 5.89. The van der Waals surface area contributed by atoms with Crippen molar-refractivity contribution < 1.29 is 4.52 Å². The predicted molar refractivity (Wildman–Crippen MR) is 107 cm³/mol. The first-order chi connectivity index (χ1) is 14.7. The van der Waals surface area contributed by atoms with Crippen LogP contribution in [0.3, 0.4) is 0 Å². The second-order valence-corrected chi connectivity index (χ2v) is 7.46. The molecule has 30 heavy (non-hydrogen) atoms. The van der Waals surface area contributed by atoms with E-state index < -0.39 is 0 Å². The van der Waals surface area contributed by atoms with Crippen molar-refractivity contribution in [3.63, 3.8) is 0 Å². The third-order valence-corrected chi connectivity index (χ3v) is 5.54. The lowest BCUT2D eigenvalue weighted by Crippen LogP contribution is -2.33. The van der Waals surface area contributed by atoms with Crippen molar-refractivity contribution >= 4 is 22.5 Å². The SMILES string of the molecule is Cc1nc2c(-c3noc(C4CCN(c5ccc6nnnn6n5)CC4)n3)cccc2[nH]1. The van der Waals surface area contributed by atoms with Gasteiger partial charge in [-0.05, 0) is 54.5 Å². The second-order valence-electron chi connectivity index (χ2n) is 7.46. The van der Waals surface area contributed by atoms with Gasteiger partial charge in [-0.3, -0.25) is 0 Å². The van der Waals surface area contributed by atoms with E-state index in [0.717, 1.165) is 54.2 Å². The number of aryl methyl sites for hydroxylation is 1. The first-order valence-electron chi connectivity index (χ1n) is 9.84. The Morgan fingerprint density at radius 1 is 1.10 bits per heavy atom. The van der Waals surface area contributed by atoms with E-state index in [9.17, 15) is 0 Å². The lowest BCUT2D eigenvalue weighted by Gasteiger charge is -2.30. The van der Waals surface area contributed by atoms with Crippen molar-refractivity contribution in [2.45, 2.75) is 25.7 Å². The molecule has 150 valence electrons. The number of hydrogen-bond donors (Lipinski definition) is 1. The maximum atomic E-state index is 5.64. The molecular weight excluding hydrogens is 384 g/mol. The summed E-state index contributed by atoms with van der Waals surface area (Å²) in [5.41, 5.74) is 3.34. The maximum Gasteiger partial charge on any atom is 0.230 e. The number of imidazole rings is 1. The van der Waals surface area contributed by atoms with Gasteiger partial charge in [0.1, 0.15) is 5.82 Å². The minimum atomic E-state index is 0.222. The van der Waals surface area contributed by atoms with Gasteiger partial charge in [0, 0.05) is 19.0 Å². The zero-order chi connectivity index (χ0) is 20.1. The monoisotopic (exact) mass is 402 g/mol. The normalized spacial score (nSPS) is 15.4. The molecule has 1 N–H and O–H groups in total. The van der Waals surface area contributed by atoms with Gasteiger partial charge in [-0.2, -0.15) is 4.98 Å². The Labute approximate surface area is 170 Å². The molecule has 0 spiro atoms. The fourth-order valence-corrected chi connectivity index (χ4v) is 4.01. The summed E-state index contributed by atoms with van der Waals surface area (Å²) in [6, 6.07) is 9.76. The topological polar surface area (TPSA) is 127 Å². The third kappa shape index (κ3) is 2.78. The molecule has 0 radical (unpaired) electrons. The molecule has 0 bridgehead atoms. The van der Waals surface area contributed by atoms with Crippen molar-refractivity contribution in [3.05, 3.63) is 42.0 Å². The number of piperidine rings is 1. The smallest absolute Gasteiger partial charge is 0.230 e. The highest BCUT2D eigenvalue weighted by Crippen LogP contribution is 2.31. The van der Waals surface area contributed by atoms with Crippen LogP contribution >= 0.6 is 0 Å². The standard InChI is InChI=1S/C19H18N10O/c1-11-20-14-4-2-3-13(17(14)21-11)18-22-19(30-25-18)12-7-9-28(10-8-12)16-6-5-15-23-26-27-29(15)24-16/h2-6,12H,7-10H2,1H3,(H,20,21). The van der Waals surface area contributed by atoms with Crippen LogP contribution in [0.4, 0.5) is 5.82 Å². The minimum Gasteiger partial charge on any atom is -0.355 e. The van der Waals surface area contributed by atoms with Crippen molar-refractivity contribution in [2.75, 3.05) is 18.0 Å².